The number of methoxy groups -OCH3 is 2. The SMILES string of the molecule is CCOc1ccc(CCC(=O)N2CCC3(CC(=O)c4cc(OC)ccc4O3)C2)cc1OC. The minimum Gasteiger partial charge on any atom is -0.497 e. The number of nitrogens with zero attached hydrogens (tertiary/aromatic N) is 1. The Morgan fingerprint density at radius 1 is 1.12 bits per heavy atom. The van der Waals surface area contributed by atoms with Gasteiger partial charge in [0.05, 0.1) is 39.4 Å². The average Bonchev–Trinajstić information content (AvgIpc) is 3.21. The fraction of sp³-hybridized carbons (Fsp3) is 0.440. The molecule has 7 nitrogen and oxygen atoms in total. The Kier molecular flexibility index (Phi) is 6.26. The molecule has 0 bridgehead atoms. The molecule has 1 amide bonds. The second-order valence-corrected chi connectivity index (χ2v) is 8.23. The number of ether oxygens (including phenoxy) is 4. The lowest BCUT2D eigenvalue weighted by atomic mass is 9.89. The first kappa shape index (κ1) is 22.0. The van der Waals surface area contributed by atoms with Crippen LogP contribution in [0.3, 0.4) is 0 Å². The smallest absolute Gasteiger partial charge is 0.223 e. The highest BCUT2D eigenvalue weighted by Crippen LogP contribution is 2.40. The van der Waals surface area contributed by atoms with E-state index < -0.39 is 5.60 Å². The molecule has 0 radical (unpaired) electrons. The number of fused-ring (bicyclic) bond motifs is 1. The fourth-order valence-electron chi connectivity index (χ4n) is 4.44. The van der Waals surface area contributed by atoms with Gasteiger partial charge in [0.15, 0.2) is 17.3 Å². The van der Waals surface area contributed by atoms with Crippen LogP contribution in [0.2, 0.25) is 0 Å². The normalized spacial score (nSPS) is 19.5. The van der Waals surface area contributed by atoms with Crippen molar-refractivity contribution in [1.29, 1.82) is 0 Å². The number of carbonyl (C=O) groups is 2. The first-order valence-electron chi connectivity index (χ1n) is 10.9. The molecule has 2 aliphatic heterocycles. The van der Waals surface area contributed by atoms with Crippen LogP contribution >= 0.6 is 0 Å². The molecule has 0 saturated carbocycles. The van der Waals surface area contributed by atoms with Crippen molar-refractivity contribution in [2.45, 2.75) is 38.2 Å². The number of hydrogen-bond acceptors (Lipinski definition) is 6. The number of Topliss-reactive ketones (excluding diaryl/α,β-unsaturated/α-hetero) is 1. The second kappa shape index (κ2) is 9.10. The van der Waals surface area contributed by atoms with Crippen molar-refractivity contribution >= 4 is 11.7 Å². The Labute approximate surface area is 188 Å². The van der Waals surface area contributed by atoms with Crippen LogP contribution in [0, 0.1) is 0 Å². The molecule has 1 fully saturated rings. The molecular weight excluding hydrogens is 410 g/mol. The molecule has 1 unspecified atom stereocenters. The molecule has 2 aromatic carbocycles. The van der Waals surface area contributed by atoms with Crippen molar-refractivity contribution in [2.75, 3.05) is 33.9 Å². The number of amides is 1. The Morgan fingerprint density at radius 3 is 2.72 bits per heavy atom. The maximum Gasteiger partial charge on any atom is 0.223 e. The first-order valence-corrected chi connectivity index (χ1v) is 10.9. The fourth-order valence-corrected chi connectivity index (χ4v) is 4.44. The second-order valence-electron chi connectivity index (χ2n) is 8.23. The van der Waals surface area contributed by atoms with Gasteiger partial charge in [-0.2, -0.15) is 0 Å². The molecule has 2 heterocycles. The Bertz CT molecular complexity index is 1020. The predicted octanol–water partition coefficient (Wildman–Crippen LogP) is 3.67. The van der Waals surface area contributed by atoms with Gasteiger partial charge in [0.2, 0.25) is 5.91 Å². The van der Waals surface area contributed by atoms with Crippen LogP contribution in [0.25, 0.3) is 0 Å². The lowest BCUT2D eigenvalue weighted by Gasteiger charge is -2.34. The molecule has 0 N–H and O–H groups in total. The van der Waals surface area contributed by atoms with Crippen LogP contribution < -0.4 is 18.9 Å². The third-order valence-corrected chi connectivity index (χ3v) is 6.12. The summed E-state index contributed by atoms with van der Waals surface area (Å²) in [6, 6.07) is 11.0. The maximum absolute atomic E-state index is 12.9. The standard InChI is InChI=1S/C25H29NO6/c1-4-31-22-8-5-17(13-23(22)30-3)6-10-24(28)26-12-11-25(16-26)15-20(27)19-14-18(29-2)7-9-21(19)32-25/h5,7-9,13-14H,4,6,10-12,15-16H2,1-3H3. The van der Waals surface area contributed by atoms with Crippen molar-refractivity contribution in [3.05, 3.63) is 47.5 Å². The Hall–Kier alpha value is -3.22. The third kappa shape index (κ3) is 4.38. The Balaban J connectivity index is 1.38. The van der Waals surface area contributed by atoms with Gasteiger partial charge in [0, 0.05) is 19.4 Å². The van der Waals surface area contributed by atoms with E-state index in [0.717, 1.165) is 5.56 Å². The zero-order valence-electron chi connectivity index (χ0n) is 18.8. The van der Waals surface area contributed by atoms with Crippen molar-refractivity contribution in [2.24, 2.45) is 0 Å². The molecule has 170 valence electrons. The summed E-state index contributed by atoms with van der Waals surface area (Å²) in [5.74, 6) is 2.65. The lowest BCUT2D eigenvalue weighted by Crippen LogP contribution is -2.45. The monoisotopic (exact) mass is 439 g/mol. The zero-order chi connectivity index (χ0) is 22.7. The van der Waals surface area contributed by atoms with Gasteiger partial charge >= 0.3 is 0 Å². The van der Waals surface area contributed by atoms with Crippen LogP contribution in [-0.4, -0.2) is 56.1 Å². The van der Waals surface area contributed by atoms with E-state index in [1.165, 1.54) is 0 Å². The summed E-state index contributed by atoms with van der Waals surface area (Å²) in [5.41, 5.74) is 0.917. The summed E-state index contributed by atoms with van der Waals surface area (Å²) in [5, 5.41) is 0. The van der Waals surface area contributed by atoms with Gasteiger partial charge in [-0.25, -0.2) is 0 Å². The highest BCUT2D eigenvalue weighted by molar-refractivity contribution is 6.01. The number of likely N-dealkylation sites (tertiary alicyclic amines) is 1. The van der Waals surface area contributed by atoms with Gasteiger partial charge in [-0.05, 0) is 49.2 Å². The van der Waals surface area contributed by atoms with Gasteiger partial charge in [0.1, 0.15) is 17.1 Å². The molecule has 2 aromatic rings. The summed E-state index contributed by atoms with van der Waals surface area (Å²) in [6.07, 6.45) is 1.91. The maximum atomic E-state index is 12.9. The van der Waals surface area contributed by atoms with E-state index in [-0.39, 0.29) is 18.1 Å². The van der Waals surface area contributed by atoms with E-state index in [1.54, 1.807) is 32.4 Å². The highest BCUT2D eigenvalue weighted by atomic mass is 16.5. The van der Waals surface area contributed by atoms with Gasteiger partial charge < -0.3 is 23.8 Å². The number of aryl methyl sites for hydroxylation is 1. The highest BCUT2D eigenvalue weighted by Gasteiger charge is 2.46. The minimum atomic E-state index is -0.642. The van der Waals surface area contributed by atoms with Crippen LogP contribution in [-0.2, 0) is 11.2 Å². The summed E-state index contributed by atoms with van der Waals surface area (Å²) in [7, 11) is 3.18. The number of rotatable bonds is 7. The third-order valence-electron chi connectivity index (χ3n) is 6.12. The number of ketones is 1. The van der Waals surface area contributed by atoms with E-state index in [0.29, 0.717) is 67.5 Å². The van der Waals surface area contributed by atoms with Crippen LogP contribution in [0.15, 0.2) is 36.4 Å². The van der Waals surface area contributed by atoms with Crippen molar-refractivity contribution < 1.29 is 28.5 Å². The molecule has 1 atom stereocenters. The van der Waals surface area contributed by atoms with Gasteiger partial charge in [0.25, 0.3) is 0 Å². The molecule has 1 spiro atoms. The van der Waals surface area contributed by atoms with Crippen LogP contribution in [0.4, 0.5) is 0 Å². The first-order chi connectivity index (χ1) is 15.5. The molecule has 1 saturated heterocycles. The molecule has 0 aromatic heterocycles. The van der Waals surface area contributed by atoms with E-state index in [9.17, 15) is 9.59 Å². The van der Waals surface area contributed by atoms with Crippen molar-refractivity contribution in [3.63, 3.8) is 0 Å². The van der Waals surface area contributed by atoms with E-state index >= 15 is 0 Å². The van der Waals surface area contributed by atoms with Gasteiger partial charge in [-0.15, -0.1) is 0 Å². The van der Waals surface area contributed by atoms with Gasteiger partial charge in [-0.3, -0.25) is 9.59 Å². The van der Waals surface area contributed by atoms with Crippen LogP contribution in [0.1, 0.15) is 42.1 Å². The van der Waals surface area contributed by atoms with Crippen molar-refractivity contribution in [1.82, 2.24) is 4.90 Å². The van der Waals surface area contributed by atoms with E-state index in [4.69, 9.17) is 18.9 Å². The summed E-state index contributed by atoms with van der Waals surface area (Å²) in [4.78, 5) is 27.5. The molecular formula is C25H29NO6. The zero-order valence-corrected chi connectivity index (χ0v) is 18.8. The molecule has 32 heavy (non-hydrogen) atoms. The number of carbonyl (C=O) groups excluding carboxylic acids is 2. The molecule has 0 aliphatic carbocycles. The topological polar surface area (TPSA) is 74.3 Å². The average molecular weight is 440 g/mol. The van der Waals surface area contributed by atoms with Crippen LogP contribution in [0.5, 0.6) is 23.0 Å². The minimum absolute atomic E-state index is 0.0286. The predicted molar refractivity (Wildman–Crippen MR) is 119 cm³/mol. The summed E-state index contributed by atoms with van der Waals surface area (Å²) < 4.78 is 22.4. The van der Waals surface area contributed by atoms with Crippen molar-refractivity contribution in [3.8, 4) is 23.0 Å². The number of benzene rings is 2. The van der Waals surface area contributed by atoms with Gasteiger partial charge in [-0.1, -0.05) is 6.07 Å². The largest absolute Gasteiger partial charge is 0.497 e. The molecule has 2 aliphatic rings. The molecule has 4 rings (SSSR count). The Morgan fingerprint density at radius 2 is 1.97 bits per heavy atom. The molecule has 7 heteroatoms. The summed E-state index contributed by atoms with van der Waals surface area (Å²) in [6.45, 7) is 3.50. The quantitative estimate of drug-likeness (QED) is 0.655. The van der Waals surface area contributed by atoms with E-state index in [2.05, 4.69) is 0 Å². The number of hydrogen-bond donors (Lipinski definition) is 0. The lowest BCUT2D eigenvalue weighted by molar-refractivity contribution is -0.130. The van der Waals surface area contributed by atoms with E-state index in [1.807, 2.05) is 30.0 Å². The summed E-state index contributed by atoms with van der Waals surface area (Å²) >= 11 is 0.